The van der Waals surface area contributed by atoms with Crippen LogP contribution >= 0.6 is 0 Å². The van der Waals surface area contributed by atoms with E-state index < -0.39 is 11.7 Å². The predicted molar refractivity (Wildman–Crippen MR) is 64.8 cm³/mol. The average molecular weight is 267 g/mol. The van der Waals surface area contributed by atoms with Crippen LogP contribution in [0.2, 0.25) is 0 Å². The molecule has 0 fully saturated rings. The molecule has 0 radical (unpaired) electrons. The van der Waals surface area contributed by atoms with Crippen molar-refractivity contribution in [1.29, 1.82) is 0 Å². The van der Waals surface area contributed by atoms with Crippen LogP contribution in [0.25, 0.3) is 0 Å². The molecule has 6 heteroatoms. The molecular weight excluding hydrogens is 255 g/mol. The van der Waals surface area contributed by atoms with Gasteiger partial charge in [-0.1, -0.05) is 6.07 Å². The lowest BCUT2D eigenvalue weighted by Gasteiger charge is -2.19. The van der Waals surface area contributed by atoms with Crippen LogP contribution in [0.5, 0.6) is 0 Å². The number of imidazole rings is 1. The molecule has 0 amide bonds. The number of benzene rings is 1. The third-order valence-electron chi connectivity index (χ3n) is 3.32. The highest BCUT2D eigenvalue weighted by molar-refractivity contribution is 5.60. The van der Waals surface area contributed by atoms with Crippen molar-refractivity contribution in [2.24, 2.45) is 0 Å². The number of hydrogen-bond acceptors (Lipinski definition) is 2. The van der Waals surface area contributed by atoms with Crippen molar-refractivity contribution in [2.45, 2.75) is 19.1 Å². The van der Waals surface area contributed by atoms with Gasteiger partial charge in [-0.15, -0.1) is 0 Å². The Bertz CT molecular complexity index is 575. The van der Waals surface area contributed by atoms with Gasteiger partial charge in [-0.2, -0.15) is 13.2 Å². The van der Waals surface area contributed by atoms with Crippen LogP contribution in [0.15, 0.2) is 30.7 Å². The fourth-order valence-corrected chi connectivity index (χ4v) is 2.36. The summed E-state index contributed by atoms with van der Waals surface area (Å²) in [4.78, 5) is 8.82. The predicted octanol–water partition coefficient (Wildman–Crippen LogP) is 2.99. The van der Waals surface area contributed by atoms with E-state index in [0.717, 1.165) is 30.3 Å². The highest BCUT2D eigenvalue weighted by Crippen LogP contribution is 2.36. The van der Waals surface area contributed by atoms with Crippen molar-refractivity contribution < 1.29 is 13.2 Å². The molecule has 1 aromatic heterocycles. The first-order valence-corrected chi connectivity index (χ1v) is 5.96. The summed E-state index contributed by atoms with van der Waals surface area (Å²) < 4.78 is 38.2. The van der Waals surface area contributed by atoms with Crippen molar-refractivity contribution in [1.82, 2.24) is 9.97 Å². The molecule has 2 heterocycles. The highest BCUT2D eigenvalue weighted by atomic mass is 19.4. The number of halogens is 3. The number of nitrogens with one attached hydrogen (secondary N) is 1. The summed E-state index contributed by atoms with van der Waals surface area (Å²) in [5.74, 6) is 0. The molecule has 0 atom stereocenters. The van der Waals surface area contributed by atoms with Crippen LogP contribution in [0.3, 0.4) is 0 Å². The standard InChI is InChI=1S/C13H12F3N3/c14-13(15,16)10-2-1-9-3-4-19(12(9)5-10)7-11-6-17-8-18-11/h1-2,5-6,8H,3-4,7H2,(H,17,18). The Morgan fingerprint density at radius 1 is 1.32 bits per heavy atom. The molecule has 0 bridgehead atoms. The molecule has 1 aliphatic heterocycles. The smallest absolute Gasteiger partial charge is 0.365 e. The van der Waals surface area contributed by atoms with Crippen molar-refractivity contribution in [2.75, 3.05) is 11.4 Å². The Morgan fingerprint density at radius 2 is 2.16 bits per heavy atom. The number of H-pyrrole nitrogens is 1. The first kappa shape index (κ1) is 12.1. The first-order valence-electron chi connectivity index (χ1n) is 5.96. The topological polar surface area (TPSA) is 31.9 Å². The van der Waals surface area contributed by atoms with Crippen LogP contribution in [0, 0.1) is 0 Å². The Labute approximate surface area is 108 Å². The van der Waals surface area contributed by atoms with E-state index in [0.29, 0.717) is 12.2 Å². The Morgan fingerprint density at radius 3 is 2.84 bits per heavy atom. The van der Waals surface area contributed by atoms with Crippen molar-refractivity contribution in [3.05, 3.63) is 47.5 Å². The second-order valence-electron chi connectivity index (χ2n) is 4.59. The number of aromatic amines is 1. The minimum Gasteiger partial charge on any atom is -0.365 e. The van der Waals surface area contributed by atoms with E-state index in [1.807, 2.05) is 4.90 Å². The summed E-state index contributed by atoms with van der Waals surface area (Å²) in [5.41, 5.74) is 1.94. The van der Waals surface area contributed by atoms with E-state index >= 15 is 0 Å². The lowest BCUT2D eigenvalue weighted by molar-refractivity contribution is -0.137. The summed E-state index contributed by atoms with van der Waals surface area (Å²) in [7, 11) is 0. The zero-order valence-corrected chi connectivity index (χ0v) is 10.0. The lowest BCUT2D eigenvalue weighted by atomic mass is 10.1. The first-order chi connectivity index (χ1) is 9.04. The maximum Gasteiger partial charge on any atom is 0.416 e. The molecule has 0 saturated carbocycles. The second-order valence-corrected chi connectivity index (χ2v) is 4.59. The Hall–Kier alpha value is -1.98. The second kappa shape index (κ2) is 4.29. The van der Waals surface area contributed by atoms with E-state index in [9.17, 15) is 13.2 Å². The van der Waals surface area contributed by atoms with Gasteiger partial charge in [0.05, 0.1) is 24.1 Å². The third kappa shape index (κ3) is 2.30. The Balaban J connectivity index is 1.90. The van der Waals surface area contributed by atoms with E-state index in [2.05, 4.69) is 9.97 Å². The molecule has 2 aromatic rings. The van der Waals surface area contributed by atoms with Crippen LogP contribution in [0.1, 0.15) is 16.8 Å². The average Bonchev–Trinajstić information content (AvgIpc) is 2.98. The Kier molecular flexibility index (Phi) is 2.73. The van der Waals surface area contributed by atoms with Crippen molar-refractivity contribution in [3.63, 3.8) is 0 Å². The summed E-state index contributed by atoms with van der Waals surface area (Å²) in [6, 6.07) is 3.96. The van der Waals surface area contributed by atoms with E-state index in [4.69, 9.17) is 0 Å². The summed E-state index contributed by atoms with van der Waals surface area (Å²) in [6.07, 6.45) is -0.261. The van der Waals surface area contributed by atoms with Gasteiger partial charge >= 0.3 is 6.18 Å². The SMILES string of the molecule is FC(F)(F)c1ccc2c(c1)N(Cc1cnc[nH]1)CC2. The third-order valence-corrected chi connectivity index (χ3v) is 3.32. The fourth-order valence-electron chi connectivity index (χ4n) is 2.36. The van der Waals surface area contributed by atoms with E-state index in [-0.39, 0.29) is 0 Å². The quantitative estimate of drug-likeness (QED) is 0.907. The monoisotopic (exact) mass is 267 g/mol. The molecule has 1 aromatic carbocycles. The van der Waals surface area contributed by atoms with E-state index in [1.54, 1.807) is 18.6 Å². The van der Waals surface area contributed by atoms with Gasteiger partial charge in [0.1, 0.15) is 0 Å². The van der Waals surface area contributed by atoms with Crippen LogP contribution < -0.4 is 4.90 Å². The van der Waals surface area contributed by atoms with Crippen molar-refractivity contribution in [3.8, 4) is 0 Å². The molecule has 1 N–H and O–H groups in total. The molecular formula is C13H12F3N3. The van der Waals surface area contributed by atoms with E-state index in [1.165, 1.54) is 6.07 Å². The molecule has 19 heavy (non-hydrogen) atoms. The largest absolute Gasteiger partial charge is 0.416 e. The van der Waals surface area contributed by atoms with Crippen molar-refractivity contribution >= 4 is 5.69 Å². The minimum absolute atomic E-state index is 0.550. The molecule has 3 rings (SSSR count). The maximum atomic E-state index is 12.7. The van der Waals surface area contributed by atoms with Crippen LogP contribution in [0.4, 0.5) is 18.9 Å². The van der Waals surface area contributed by atoms with Gasteiger partial charge in [0.2, 0.25) is 0 Å². The zero-order chi connectivity index (χ0) is 13.5. The van der Waals surface area contributed by atoms with Gasteiger partial charge in [-0.05, 0) is 24.1 Å². The minimum atomic E-state index is -4.29. The number of fused-ring (bicyclic) bond motifs is 1. The van der Waals surface area contributed by atoms with Gasteiger partial charge in [0.25, 0.3) is 0 Å². The fraction of sp³-hybridized carbons (Fsp3) is 0.308. The van der Waals surface area contributed by atoms with Gasteiger partial charge in [0, 0.05) is 18.4 Å². The number of nitrogens with zero attached hydrogens (tertiary/aromatic N) is 2. The molecule has 0 spiro atoms. The summed E-state index contributed by atoms with van der Waals surface area (Å²) in [5, 5.41) is 0. The summed E-state index contributed by atoms with van der Waals surface area (Å²) >= 11 is 0. The highest BCUT2D eigenvalue weighted by Gasteiger charge is 2.32. The van der Waals surface area contributed by atoms with Gasteiger partial charge < -0.3 is 9.88 Å². The lowest BCUT2D eigenvalue weighted by Crippen LogP contribution is -2.20. The molecule has 100 valence electrons. The number of aromatic nitrogens is 2. The maximum absolute atomic E-state index is 12.7. The van der Waals surface area contributed by atoms with Crippen LogP contribution in [-0.2, 0) is 19.1 Å². The number of anilines is 1. The molecule has 0 aliphatic carbocycles. The zero-order valence-electron chi connectivity index (χ0n) is 10.0. The normalized spacial score (nSPS) is 14.8. The van der Waals surface area contributed by atoms with Gasteiger partial charge in [0.15, 0.2) is 0 Å². The van der Waals surface area contributed by atoms with Gasteiger partial charge in [-0.25, -0.2) is 4.98 Å². The molecule has 1 aliphatic rings. The summed E-state index contributed by atoms with van der Waals surface area (Å²) in [6.45, 7) is 1.28. The molecule has 0 unspecified atom stereocenters. The van der Waals surface area contributed by atoms with Gasteiger partial charge in [-0.3, -0.25) is 0 Å². The van der Waals surface area contributed by atoms with Crippen LogP contribution in [-0.4, -0.2) is 16.5 Å². The molecule has 3 nitrogen and oxygen atoms in total. The number of rotatable bonds is 2. The molecule has 0 saturated heterocycles. The number of alkyl halides is 3. The number of hydrogen-bond donors (Lipinski definition) is 1.